The van der Waals surface area contributed by atoms with Gasteiger partial charge in [0.1, 0.15) is 21.6 Å². The Morgan fingerprint density at radius 2 is 2.05 bits per heavy atom. The average molecular weight is 295 g/mol. The number of piperidine rings is 1. The smallest absolute Gasteiger partial charge is 0.178 e. The van der Waals surface area contributed by atoms with E-state index in [0.29, 0.717) is 22.4 Å². The van der Waals surface area contributed by atoms with E-state index in [-0.39, 0.29) is 6.10 Å². The Bertz CT molecular complexity index is 499. The fraction of sp³-hybridized carbons (Fsp3) is 0.643. The number of rotatable bonds is 4. The van der Waals surface area contributed by atoms with Gasteiger partial charge >= 0.3 is 0 Å². The number of anilines is 2. The molecule has 110 valence electrons. The molecule has 20 heavy (non-hydrogen) atoms. The van der Waals surface area contributed by atoms with Gasteiger partial charge in [0.05, 0.1) is 12.2 Å². The average Bonchev–Trinajstić information content (AvgIpc) is 2.75. The molecule has 1 saturated heterocycles. The van der Waals surface area contributed by atoms with E-state index in [1.165, 1.54) is 11.3 Å². The summed E-state index contributed by atoms with van der Waals surface area (Å²) in [6.07, 6.45) is 2.33. The molecule has 6 heteroatoms. The first-order valence-corrected chi connectivity index (χ1v) is 7.65. The molecule has 1 aliphatic rings. The van der Waals surface area contributed by atoms with Gasteiger partial charge in [0.15, 0.2) is 5.75 Å². The maximum absolute atomic E-state index is 9.16. The SMILES string of the molecule is COC1CCN(c2sc(C#N)c(N)c2OC(C)C)CC1. The molecule has 0 spiro atoms. The Hall–Kier alpha value is -1.45. The molecular weight excluding hydrogens is 274 g/mol. The second-order valence-corrected chi connectivity index (χ2v) is 6.18. The number of hydrogen-bond donors (Lipinski definition) is 1. The van der Waals surface area contributed by atoms with Crippen LogP contribution in [0.4, 0.5) is 10.7 Å². The van der Waals surface area contributed by atoms with Crippen molar-refractivity contribution in [3.8, 4) is 11.8 Å². The summed E-state index contributed by atoms with van der Waals surface area (Å²) in [6.45, 7) is 5.73. The molecule has 0 radical (unpaired) electrons. The van der Waals surface area contributed by atoms with Crippen molar-refractivity contribution >= 4 is 22.0 Å². The van der Waals surface area contributed by atoms with E-state index < -0.39 is 0 Å². The van der Waals surface area contributed by atoms with E-state index in [9.17, 15) is 0 Å². The van der Waals surface area contributed by atoms with Crippen molar-refractivity contribution in [3.63, 3.8) is 0 Å². The number of nitrogens with two attached hydrogens (primary N) is 1. The number of nitriles is 1. The zero-order chi connectivity index (χ0) is 14.7. The van der Waals surface area contributed by atoms with Crippen molar-refractivity contribution in [2.75, 3.05) is 30.8 Å². The minimum atomic E-state index is 0.0358. The van der Waals surface area contributed by atoms with E-state index >= 15 is 0 Å². The standard InChI is InChI=1S/C14H21N3O2S/c1-9(2)19-13-12(16)11(8-15)20-14(13)17-6-4-10(18-3)5-7-17/h9-10H,4-7,16H2,1-3H3. The lowest BCUT2D eigenvalue weighted by molar-refractivity contribution is 0.0819. The molecule has 0 bridgehead atoms. The van der Waals surface area contributed by atoms with Crippen LogP contribution < -0.4 is 15.4 Å². The lowest BCUT2D eigenvalue weighted by Gasteiger charge is -2.32. The molecule has 1 aromatic rings. The summed E-state index contributed by atoms with van der Waals surface area (Å²) < 4.78 is 11.2. The van der Waals surface area contributed by atoms with E-state index in [2.05, 4.69) is 11.0 Å². The third-order valence-corrected chi connectivity index (χ3v) is 4.55. The number of nitrogen functional groups attached to an aromatic ring is 1. The van der Waals surface area contributed by atoms with Crippen LogP contribution in [0.5, 0.6) is 5.75 Å². The first-order valence-electron chi connectivity index (χ1n) is 6.83. The van der Waals surface area contributed by atoms with Crippen LogP contribution in [-0.2, 0) is 4.74 Å². The van der Waals surface area contributed by atoms with Gasteiger partial charge in [-0.2, -0.15) is 5.26 Å². The number of nitrogens with zero attached hydrogens (tertiary/aromatic N) is 2. The molecule has 1 aromatic heterocycles. The van der Waals surface area contributed by atoms with E-state index in [1.807, 2.05) is 13.8 Å². The lowest BCUT2D eigenvalue weighted by Crippen LogP contribution is -2.36. The monoisotopic (exact) mass is 295 g/mol. The van der Waals surface area contributed by atoms with Crippen LogP contribution in [0, 0.1) is 11.3 Å². The van der Waals surface area contributed by atoms with Crippen molar-refractivity contribution in [2.45, 2.75) is 38.9 Å². The highest BCUT2D eigenvalue weighted by Crippen LogP contribution is 2.45. The summed E-state index contributed by atoms with van der Waals surface area (Å²) in [4.78, 5) is 2.78. The van der Waals surface area contributed by atoms with Gasteiger partial charge < -0.3 is 20.1 Å². The van der Waals surface area contributed by atoms with Gasteiger partial charge in [-0.05, 0) is 26.7 Å². The van der Waals surface area contributed by atoms with E-state index in [4.69, 9.17) is 20.5 Å². The Morgan fingerprint density at radius 3 is 2.55 bits per heavy atom. The van der Waals surface area contributed by atoms with Gasteiger partial charge in [0.2, 0.25) is 0 Å². The second-order valence-electron chi connectivity index (χ2n) is 5.18. The van der Waals surface area contributed by atoms with Gasteiger partial charge in [-0.25, -0.2) is 0 Å². The molecule has 0 aromatic carbocycles. The molecule has 2 rings (SSSR count). The molecule has 0 unspecified atom stereocenters. The third-order valence-electron chi connectivity index (χ3n) is 3.40. The summed E-state index contributed by atoms with van der Waals surface area (Å²) in [5.41, 5.74) is 6.50. The van der Waals surface area contributed by atoms with Crippen molar-refractivity contribution in [2.24, 2.45) is 0 Å². The molecule has 0 amide bonds. The molecule has 0 atom stereocenters. The van der Waals surface area contributed by atoms with Crippen LogP contribution in [0.1, 0.15) is 31.6 Å². The van der Waals surface area contributed by atoms with E-state index in [0.717, 1.165) is 30.9 Å². The molecular formula is C14H21N3O2S. The minimum Gasteiger partial charge on any atom is -0.486 e. The van der Waals surface area contributed by atoms with Crippen LogP contribution >= 0.6 is 11.3 Å². The number of methoxy groups -OCH3 is 1. The fourth-order valence-corrected chi connectivity index (χ4v) is 3.36. The predicted octanol–water partition coefficient (Wildman–Crippen LogP) is 2.60. The first-order chi connectivity index (χ1) is 9.56. The molecule has 2 heterocycles. The third kappa shape index (κ3) is 3.00. The largest absolute Gasteiger partial charge is 0.486 e. The maximum atomic E-state index is 9.16. The summed E-state index contributed by atoms with van der Waals surface area (Å²) >= 11 is 1.42. The van der Waals surface area contributed by atoms with Crippen molar-refractivity contribution < 1.29 is 9.47 Å². The topological polar surface area (TPSA) is 71.5 Å². The predicted molar refractivity (Wildman–Crippen MR) is 81.5 cm³/mol. The van der Waals surface area contributed by atoms with Gasteiger partial charge in [-0.15, -0.1) is 11.3 Å². The molecule has 5 nitrogen and oxygen atoms in total. The minimum absolute atomic E-state index is 0.0358. The Kier molecular flexibility index (Phi) is 4.73. The van der Waals surface area contributed by atoms with Crippen LogP contribution in [0.2, 0.25) is 0 Å². The summed E-state index contributed by atoms with van der Waals surface area (Å²) in [5, 5.41) is 10.1. The highest BCUT2D eigenvalue weighted by molar-refractivity contribution is 7.17. The quantitative estimate of drug-likeness (QED) is 0.924. The molecule has 1 aliphatic heterocycles. The highest BCUT2D eigenvalue weighted by Gasteiger charge is 2.26. The molecule has 0 aliphatic carbocycles. The van der Waals surface area contributed by atoms with Gasteiger partial charge in [0.25, 0.3) is 0 Å². The number of hydrogen-bond acceptors (Lipinski definition) is 6. The highest BCUT2D eigenvalue weighted by atomic mass is 32.1. The van der Waals surface area contributed by atoms with Crippen LogP contribution in [0.15, 0.2) is 0 Å². The first kappa shape index (κ1) is 14.9. The van der Waals surface area contributed by atoms with Gasteiger partial charge in [-0.3, -0.25) is 0 Å². The van der Waals surface area contributed by atoms with Crippen LogP contribution in [0.3, 0.4) is 0 Å². The van der Waals surface area contributed by atoms with Crippen molar-refractivity contribution in [1.29, 1.82) is 5.26 Å². The number of ether oxygens (including phenoxy) is 2. The molecule has 1 fully saturated rings. The van der Waals surface area contributed by atoms with Gasteiger partial charge in [0, 0.05) is 20.2 Å². The summed E-state index contributed by atoms with van der Waals surface area (Å²) in [6, 6.07) is 2.15. The maximum Gasteiger partial charge on any atom is 0.178 e. The summed E-state index contributed by atoms with van der Waals surface area (Å²) in [7, 11) is 1.75. The Morgan fingerprint density at radius 1 is 1.40 bits per heavy atom. The molecule has 0 saturated carbocycles. The summed E-state index contributed by atoms with van der Waals surface area (Å²) in [5.74, 6) is 0.664. The van der Waals surface area contributed by atoms with Gasteiger partial charge in [-0.1, -0.05) is 0 Å². The molecule has 2 N–H and O–H groups in total. The van der Waals surface area contributed by atoms with Crippen LogP contribution in [0.25, 0.3) is 0 Å². The normalized spacial score (nSPS) is 16.4. The zero-order valence-electron chi connectivity index (χ0n) is 12.2. The lowest BCUT2D eigenvalue weighted by atomic mass is 10.1. The second kappa shape index (κ2) is 6.33. The zero-order valence-corrected chi connectivity index (χ0v) is 13.0. The van der Waals surface area contributed by atoms with Crippen molar-refractivity contribution in [1.82, 2.24) is 0 Å². The Balaban J connectivity index is 2.24. The van der Waals surface area contributed by atoms with Crippen LogP contribution in [-0.4, -0.2) is 32.4 Å². The van der Waals surface area contributed by atoms with Crippen molar-refractivity contribution in [3.05, 3.63) is 4.88 Å². The number of thiophene rings is 1. The Labute approximate surface area is 123 Å². The fourth-order valence-electron chi connectivity index (χ4n) is 2.35. The van der Waals surface area contributed by atoms with E-state index in [1.54, 1.807) is 7.11 Å².